The Morgan fingerprint density at radius 3 is 2.32 bits per heavy atom. The van der Waals surface area contributed by atoms with Gasteiger partial charge in [-0.3, -0.25) is 13.9 Å². The topological polar surface area (TPSA) is 86.8 Å². The van der Waals surface area contributed by atoms with E-state index in [9.17, 15) is 31.2 Å². The molecule has 2 amide bonds. The van der Waals surface area contributed by atoms with E-state index in [4.69, 9.17) is 11.6 Å². The predicted molar refractivity (Wildman–Crippen MR) is 142 cm³/mol. The second-order valence-electron chi connectivity index (χ2n) is 9.09. The largest absolute Gasteiger partial charge is 0.416 e. The molecule has 2 aromatic rings. The van der Waals surface area contributed by atoms with Crippen molar-refractivity contribution in [1.82, 2.24) is 10.2 Å². The number of hydrogen-bond acceptors (Lipinski definition) is 4. The van der Waals surface area contributed by atoms with E-state index < -0.39 is 33.7 Å². The highest BCUT2D eigenvalue weighted by molar-refractivity contribution is 7.92. The van der Waals surface area contributed by atoms with Crippen LogP contribution in [0.1, 0.15) is 51.2 Å². The third kappa shape index (κ3) is 8.90. The van der Waals surface area contributed by atoms with Gasteiger partial charge in [-0.1, -0.05) is 42.8 Å². The summed E-state index contributed by atoms with van der Waals surface area (Å²) in [6, 6.07) is 9.97. The van der Waals surface area contributed by atoms with Crippen molar-refractivity contribution in [2.45, 2.75) is 64.8 Å². The lowest BCUT2D eigenvalue weighted by molar-refractivity contribution is -0.140. The molecule has 210 valence electrons. The van der Waals surface area contributed by atoms with Crippen molar-refractivity contribution in [2.24, 2.45) is 0 Å². The molecule has 0 aliphatic carbocycles. The monoisotopic (exact) mass is 575 g/mol. The lowest BCUT2D eigenvalue weighted by atomic mass is 10.1. The van der Waals surface area contributed by atoms with Gasteiger partial charge < -0.3 is 10.2 Å². The Kier molecular flexibility index (Phi) is 11.0. The fourth-order valence-electron chi connectivity index (χ4n) is 3.70. The van der Waals surface area contributed by atoms with Crippen LogP contribution in [0.3, 0.4) is 0 Å². The van der Waals surface area contributed by atoms with Gasteiger partial charge in [0.25, 0.3) is 0 Å². The van der Waals surface area contributed by atoms with Crippen LogP contribution in [0.15, 0.2) is 48.5 Å². The number of alkyl halides is 3. The van der Waals surface area contributed by atoms with Crippen LogP contribution in [0.5, 0.6) is 0 Å². The van der Waals surface area contributed by atoms with Crippen LogP contribution < -0.4 is 9.62 Å². The summed E-state index contributed by atoms with van der Waals surface area (Å²) in [7, 11) is -3.94. The molecule has 1 N–H and O–H groups in total. The number of carbonyl (C=O) groups is 2. The minimum atomic E-state index is -4.64. The lowest BCUT2D eigenvalue weighted by Crippen LogP contribution is -2.49. The summed E-state index contributed by atoms with van der Waals surface area (Å²) < 4.78 is 65.1. The zero-order valence-electron chi connectivity index (χ0n) is 21.8. The number of rotatable bonds is 12. The smallest absolute Gasteiger partial charge is 0.352 e. The summed E-state index contributed by atoms with van der Waals surface area (Å²) in [5.41, 5.74) is -0.497. The Bertz CT molecular complexity index is 1220. The van der Waals surface area contributed by atoms with Crippen LogP contribution in [-0.2, 0) is 32.3 Å². The number of nitrogens with zero attached hydrogens (tertiary/aromatic N) is 2. The molecule has 0 heterocycles. The zero-order chi connectivity index (χ0) is 28.7. The van der Waals surface area contributed by atoms with Crippen molar-refractivity contribution in [3.63, 3.8) is 0 Å². The van der Waals surface area contributed by atoms with Crippen LogP contribution in [0.2, 0.25) is 5.02 Å². The fourth-order valence-corrected chi connectivity index (χ4v) is 4.85. The van der Waals surface area contributed by atoms with Gasteiger partial charge in [-0.15, -0.1) is 0 Å². The molecular weight excluding hydrogens is 543 g/mol. The lowest BCUT2D eigenvalue weighted by Gasteiger charge is -2.30. The minimum Gasteiger partial charge on any atom is -0.352 e. The molecule has 38 heavy (non-hydrogen) atoms. The number of amides is 2. The van der Waals surface area contributed by atoms with Crippen LogP contribution >= 0.6 is 11.6 Å². The van der Waals surface area contributed by atoms with E-state index in [0.717, 1.165) is 28.8 Å². The molecule has 0 bridgehead atoms. The Morgan fingerprint density at radius 1 is 1.08 bits per heavy atom. The Morgan fingerprint density at radius 2 is 1.74 bits per heavy atom. The second-order valence-corrected chi connectivity index (χ2v) is 11.4. The highest BCUT2D eigenvalue weighted by atomic mass is 35.5. The van der Waals surface area contributed by atoms with Gasteiger partial charge in [0, 0.05) is 30.6 Å². The Hall–Kier alpha value is -2.79. The second kappa shape index (κ2) is 13.3. The zero-order valence-corrected chi connectivity index (χ0v) is 23.3. The van der Waals surface area contributed by atoms with Gasteiger partial charge in [0.05, 0.1) is 17.5 Å². The average Bonchev–Trinajstić information content (AvgIpc) is 2.84. The molecule has 0 unspecified atom stereocenters. The molecular formula is C26H33ClF3N3O4S. The average molecular weight is 576 g/mol. The van der Waals surface area contributed by atoms with Crippen molar-refractivity contribution in [3.05, 3.63) is 64.7 Å². The fraction of sp³-hybridized carbons (Fsp3) is 0.462. The maximum atomic E-state index is 13.3. The van der Waals surface area contributed by atoms with E-state index in [1.165, 1.54) is 11.0 Å². The first kappa shape index (κ1) is 31.4. The van der Waals surface area contributed by atoms with E-state index in [-0.39, 0.29) is 43.6 Å². The number of benzene rings is 2. The molecule has 0 aromatic heterocycles. The van der Waals surface area contributed by atoms with Gasteiger partial charge in [0.15, 0.2) is 0 Å². The van der Waals surface area contributed by atoms with Crippen molar-refractivity contribution in [2.75, 3.05) is 17.1 Å². The number of hydrogen-bond donors (Lipinski definition) is 1. The third-order valence-corrected chi connectivity index (χ3v) is 7.64. The first-order valence-electron chi connectivity index (χ1n) is 12.1. The molecule has 2 aromatic carbocycles. The van der Waals surface area contributed by atoms with E-state index in [0.29, 0.717) is 17.0 Å². The number of sulfonamides is 1. The molecule has 0 fully saturated rings. The molecule has 7 nitrogen and oxygen atoms in total. The first-order valence-corrected chi connectivity index (χ1v) is 14.4. The van der Waals surface area contributed by atoms with Crippen molar-refractivity contribution >= 4 is 39.1 Å². The molecule has 0 spiro atoms. The maximum Gasteiger partial charge on any atom is 0.416 e. The van der Waals surface area contributed by atoms with Crippen LogP contribution in [0.4, 0.5) is 18.9 Å². The van der Waals surface area contributed by atoms with E-state index in [1.54, 1.807) is 31.2 Å². The van der Waals surface area contributed by atoms with Gasteiger partial charge >= 0.3 is 6.18 Å². The van der Waals surface area contributed by atoms with Crippen LogP contribution in [0.25, 0.3) is 0 Å². The first-order chi connectivity index (χ1) is 17.6. The molecule has 0 saturated carbocycles. The quantitative estimate of drug-likeness (QED) is 0.375. The van der Waals surface area contributed by atoms with Gasteiger partial charge in [-0.25, -0.2) is 8.42 Å². The van der Waals surface area contributed by atoms with E-state index >= 15 is 0 Å². The van der Waals surface area contributed by atoms with Crippen LogP contribution in [0, 0.1) is 0 Å². The van der Waals surface area contributed by atoms with Gasteiger partial charge in [0.2, 0.25) is 21.8 Å². The Balaban J connectivity index is 2.23. The summed E-state index contributed by atoms with van der Waals surface area (Å²) in [5.74, 6) is -0.768. The SMILES string of the molecule is CC[C@@H](C)NC(=O)[C@@H](C)N(Cc1ccccc1Cl)C(=O)CCCN(c1cccc(C(F)(F)F)c1)S(C)(=O)=O. The normalized spacial score (nSPS) is 13.5. The number of carbonyl (C=O) groups excluding carboxylic acids is 2. The van der Waals surface area contributed by atoms with Crippen molar-refractivity contribution < 1.29 is 31.2 Å². The summed E-state index contributed by atoms with van der Waals surface area (Å²) in [4.78, 5) is 27.5. The third-order valence-electron chi connectivity index (χ3n) is 6.08. The van der Waals surface area contributed by atoms with Gasteiger partial charge in [-0.2, -0.15) is 13.2 Å². The number of anilines is 1. The summed E-state index contributed by atoms with van der Waals surface area (Å²) in [5, 5.41) is 3.28. The van der Waals surface area contributed by atoms with E-state index in [1.807, 2.05) is 13.8 Å². The van der Waals surface area contributed by atoms with Gasteiger partial charge in [0.1, 0.15) is 6.04 Å². The number of halogens is 4. The van der Waals surface area contributed by atoms with Crippen LogP contribution in [-0.4, -0.2) is 50.0 Å². The molecule has 2 atom stereocenters. The van der Waals surface area contributed by atoms with Crippen molar-refractivity contribution in [1.29, 1.82) is 0 Å². The molecule has 0 aliphatic rings. The summed E-state index contributed by atoms with van der Waals surface area (Å²) in [6.07, 6.45) is -3.18. The predicted octanol–water partition coefficient (Wildman–Crippen LogP) is 5.24. The maximum absolute atomic E-state index is 13.3. The molecule has 0 aliphatic heterocycles. The van der Waals surface area contributed by atoms with Gasteiger partial charge in [-0.05, 0) is 56.5 Å². The summed E-state index contributed by atoms with van der Waals surface area (Å²) in [6.45, 7) is 5.19. The molecule has 0 radical (unpaired) electrons. The minimum absolute atomic E-state index is 0.0148. The standard InChI is InChI=1S/C26H33ClF3N3O4S/c1-5-18(2)31-25(35)19(3)32(17-20-10-6-7-13-23(20)27)24(34)14-9-15-33(38(4,36)37)22-12-8-11-21(16-22)26(28,29)30/h6-8,10-13,16,18-19H,5,9,14-15,17H2,1-4H3,(H,31,35)/t18-,19-/m1/s1. The molecule has 12 heteroatoms. The van der Waals surface area contributed by atoms with E-state index in [2.05, 4.69) is 5.32 Å². The molecule has 2 rings (SSSR count). The Labute approximate surface area is 227 Å². The highest BCUT2D eigenvalue weighted by Gasteiger charge is 2.32. The molecule has 0 saturated heterocycles. The highest BCUT2D eigenvalue weighted by Crippen LogP contribution is 2.32. The number of nitrogens with one attached hydrogen (secondary N) is 1. The van der Waals surface area contributed by atoms with Crippen molar-refractivity contribution in [3.8, 4) is 0 Å². The summed E-state index contributed by atoms with van der Waals surface area (Å²) >= 11 is 6.28.